The first-order valence-corrected chi connectivity index (χ1v) is 19.4. The number of rotatable bonds is 2. The van der Waals surface area contributed by atoms with E-state index in [9.17, 15) is 35.1 Å². The Hall–Kier alpha value is -4.30. The zero-order valence-corrected chi connectivity index (χ0v) is 33.1. The lowest BCUT2D eigenvalue weighted by molar-refractivity contribution is -0.112. The summed E-state index contributed by atoms with van der Waals surface area (Å²) in [5, 5.41) is 60.2. The van der Waals surface area contributed by atoms with Gasteiger partial charge in [0.25, 0.3) is 11.7 Å². The van der Waals surface area contributed by atoms with Gasteiger partial charge >= 0.3 is 5.79 Å². The molecule has 3 unspecified atom stereocenters. The van der Waals surface area contributed by atoms with Crippen LogP contribution in [0.25, 0.3) is 10.8 Å². The highest BCUT2D eigenvalue weighted by Crippen LogP contribution is 2.50. The third kappa shape index (κ3) is 7.39. The number of piperidine rings is 1. The van der Waals surface area contributed by atoms with Crippen LogP contribution in [0.2, 0.25) is 0 Å². The van der Waals surface area contributed by atoms with Gasteiger partial charge in [-0.2, -0.15) is 0 Å². The summed E-state index contributed by atoms with van der Waals surface area (Å²) in [6.45, 7) is 16.6. The monoisotopic (exact) mass is 760 g/mol. The minimum atomic E-state index is -1.84. The van der Waals surface area contributed by atoms with Crippen molar-refractivity contribution in [1.29, 1.82) is 0 Å². The Labute approximate surface area is 321 Å². The van der Waals surface area contributed by atoms with Gasteiger partial charge < -0.3 is 45.2 Å². The van der Waals surface area contributed by atoms with Crippen molar-refractivity contribution in [3.63, 3.8) is 0 Å². The topological polar surface area (TPSA) is 194 Å². The van der Waals surface area contributed by atoms with Crippen molar-refractivity contribution < 1.29 is 44.6 Å². The van der Waals surface area contributed by atoms with Crippen LogP contribution in [-0.4, -0.2) is 91.5 Å². The number of anilines is 1. The van der Waals surface area contributed by atoms with E-state index in [0.717, 1.165) is 19.6 Å². The van der Waals surface area contributed by atoms with Gasteiger partial charge in [-0.05, 0) is 38.7 Å². The molecular weight excluding hydrogens is 704 g/mol. The van der Waals surface area contributed by atoms with Crippen molar-refractivity contribution in [3.05, 3.63) is 58.0 Å². The Bertz CT molecular complexity index is 2080. The highest BCUT2D eigenvalue weighted by atomic mass is 16.7. The number of allylic oxidation sites excluding steroid dienone is 3. The number of ketones is 1. The van der Waals surface area contributed by atoms with Crippen LogP contribution in [0.4, 0.5) is 5.69 Å². The lowest BCUT2D eigenvalue weighted by atomic mass is 9.81. The summed E-state index contributed by atoms with van der Waals surface area (Å²) >= 11 is 0. The maximum Gasteiger partial charge on any atom is 0.312 e. The fourth-order valence-electron chi connectivity index (χ4n) is 8.22. The maximum absolute atomic E-state index is 14.4. The highest BCUT2D eigenvalue weighted by molar-refractivity contribution is 6.19. The largest absolute Gasteiger partial charge is 0.507 e. The van der Waals surface area contributed by atoms with Gasteiger partial charge in [-0.1, -0.05) is 52.8 Å². The van der Waals surface area contributed by atoms with Crippen molar-refractivity contribution in [2.24, 2.45) is 33.7 Å². The minimum Gasteiger partial charge on any atom is -0.507 e. The van der Waals surface area contributed by atoms with E-state index in [0.29, 0.717) is 25.2 Å². The number of likely N-dealkylation sites (tertiary alicyclic amines) is 1. The molecular formula is C42H56N4O9. The van der Waals surface area contributed by atoms with Gasteiger partial charge in [0.05, 0.1) is 40.9 Å². The van der Waals surface area contributed by atoms with Crippen LogP contribution >= 0.6 is 0 Å². The van der Waals surface area contributed by atoms with Crippen molar-refractivity contribution in [1.82, 2.24) is 4.90 Å². The van der Waals surface area contributed by atoms with E-state index in [1.165, 1.54) is 13.2 Å². The number of amides is 1. The van der Waals surface area contributed by atoms with E-state index < -0.39 is 65.0 Å². The lowest BCUT2D eigenvalue weighted by Crippen LogP contribution is -2.43. The van der Waals surface area contributed by atoms with Gasteiger partial charge in [-0.3, -0.25) is 19.6 Å². The Balaban J connectivity index is 1.51. The van der Waals surface area contributed by atoms with Gasteiger partial charge in [0.1, 0.15) is 22.5 Å². The molecule has 0 aromatic heterocycles. The Kier molecular flexibility index (Phi) is 11.2. The normalized spacial score (nSPS) is 32.3. The molecule has 5 bridgehead atoms. The van der Waals surface area contributed by atoms with Crippen LogP contribution in [0.5, 0.6) is 17.2 Å². The van der Waals surface area contributed by atoms with Crippen molar-refractivity contribution in [2.75, 3.05) is 25.0 Å². The second kappa shape index (κ2) is 15.3. The van der Waals surface area contributed by atoms with Gasteiger partial charge in [0.2, 0.25) is 0 Å². The van der Waals surface area contributed by atoms with Gasteiger partial charge in [0.15, 0.2) is 11.4 Å². The molecule has 2 aromatic carbocycles. The zero-order valence-electron chi connectivity index (χ0n) is 33.1. The fraction of sp³-hybridized carbons (Fsp3) is 0.571. The van der Waals surface area contributed by atoms with Crippen molar-refractivity contribution >= 4 is 28.2 Å². The molecule has 1 spiro atoms. The van der Waals surface area contributed by atoms with Crippen LogP contribution in [-0.2, 0) is 9.53 Å². The van der Waals surface area contributed by atoms with Gasteiger partial charge in [-0.15, -0.1) is 0 Å². The van der Waals surface area contributed by atoms with E-state index in [1.807, 2.05) is 0 Å². The summed E-state index contributed by atoms with van der Waals surface area (Å²) in [7, 11) is 0. The number of ether oxygens (including phenoxy) is 2. The molecule has 1 saturated heterocycles. The SMILES string of the molecule is C/C1=C/C=C/C(C)[C@H](O)[C@@H](C)C(O)[C@@H](C)[C@H](O)CC/C=C/OC2(C)Oc3c(C)c(O)c4c(O)c(c5c(c4c3C2=O)=NC2(CCN(CC(C)C)CC2)N=5)NC1=O. The number of benzene rings is 2. The number of carbonyl (C=O) groups is 2. The standard InChI is InChI=1S/C42H56N4O9/c1-21(2)20-46-17-15-42(16-18-46)44-31-28-29-36(50)26(7)38-30(28)39(52)41(8,55-38)54-19-10-9-14-27(47)24(5)35(49)25(6)34(48)22(3)12-11-13-23(4)40(53)43-33(37(29)51)32(31)45-42/h10-13,19,21-22,24-25,27,34-35,47-51H,9,14-18,20H2,1-8H3,(H,43,53)/b12-11+,19-10+,23-13-/t22?,24-,25+,27+,34-,35?,41?/m0/s1. The Morgan fingerprint density at radius 2 is 1.64 bits per heavy atom. The number of phenols is 2. The lowest BCUT2D eigenvalue weighted by Gasteiger charge is -2.36. The van der Waals surface area contributed by atoms with E-state index in [-0.39, 0.29) is 61.8 Å². The minimum absolute atomic E-state index is 0.0326. The molecule has 55 heavy (non-hydrogen) atoms. The predicted octanol–water partition coefficient (Wildman–Crippen LogP) is 4.31. The van der Waals surface area contributed by atoms with Crippen LogP contribution in [0, 0.1) is 30.6 Å². The van der Waals surface area contributed by atoms with Crippen molar-refractivity contribution in [2.45, 2.75) is 111 Å². The zero-order chi connectivity index (χ0) is 40.1. The average Bonchev–Trinajstić information content (AvgIpc) is 3.64. The molecule has 6 N–H and O–H groups in total. The molecule has 0 saturated carbocycles. The number of hydrogen-bond acceptors (Lipinski definition) is 12. The number of nitrogens with one attached hydrogen (secondary N) is 1. The maximum atomic E-state index is 14.4. The molecule has 2 aromatic rings. The number of aromatic hydroxyl groups is 2. The van der Waals surface area contributed by atoms with E-state index in [4.69, 9.17) is 19.5 Å². The number of Topliss-reactive ketones (excluding diaryl/α,β-unsaturated/α-hetero) is 1. The fourth-order valence-corrected chi connectivity index (χ4v) is 8.22. The third-order valence-corrected chi connectivity index (χ3v) is 11.8. The highest BCUT2D eigenvalue weighted by Gasteiger charge is 2.50. The molecule has 0 aliphatic carbocycles. The number of aliphatic hydroxyl groups excluding tert-OH is 3. The molecule has 5 heterocycles. The predicted molar refractivity (Wildman–Crippen MR) is 207 cm³/mol. The number of hydrogen-bond donors (Lipinski definition) is 6. The first-order chi connectivity index (χ1) is 25.9. The summed E-state index contributed by atoms with van der Waals surface area (Å²) < 4.78 is 12.1. The van der Waals surface area contributed by atoms with E-state index >= 15 is 0 Å². The number of aliphatic hydroxyl groups is 3. The van der Waals surface area contributed by atoms with Gasteiger partial charge in [-0.25, -0.2) is 0 Å². The molecule has 13 heteroatoms. The van der Waals surface area contributed by atoms with Crippen LogP contribution in [0.15, 0.2) is 46.1 Å². The molecule has 5 aliphatic rings. The molecule has 7 atom stereocenters. The second-order valence-electron chi connectivity index (χ2n) is 16.5. The first-order valence-electron chi connectivity index (χ1n) is 19.4. The smallest absolute Gasteiger partial charge is 0.312 e. The average molecular weight is 761 g/mol. The Morgan fingerprint density at radius 1 is 0.964 bits per heavy atom. The van der Waals surface area contributed by atoms with E-state index in [1.54, 1.807) is 58.9 Å². The molecule has 5 aliphatic heterocycles. The number of phenolic OH excluding ortho intramolecular Hbond substituents is 2. The number of fused-ring (bicyclic) bond motifs is 13. The van der Waals surface area contributed by atoms with Crippen LogP contribution in [0.1, 0.15) is 90.1 Å². The molecule has 7 rings (SSSR count). The Morgan fingerprint density at radius 3 is 2.31 bits per heavy atom. The summed E-state index contributed by atoms with van der Waals surface area (Å²) in [6, 6.07) is 0. The quantitative estimate of drug-likeness (QED) is 0.241. The molecule has 0 radical (unpaired) electrons. The molecule has 298 valence electrons. The van der Waals surface area contributed by atoms with E-state index in [2.05, 4.69) is 24.1 Å². The summed E-state index contributed by atoms with van der Waals surface area (Å²) in [6.07, 6.45) is 6.87. The van der Waals surface area contributed by atoms with Crippen LogP contribution < -0.4 is 20.8 Å². The summed E-state index contributed by atoms with van der Waals surface area (Å²) in [4.78, 5) is 40.8. The number of carbonyl (C=O) groups excluding carboxylic acids is 2. The van der Waals surface area contributed by atoms with Crippen molar-refractivity contribution in [3.8, 4) is 17.2 Å². The molecule has 1 fully saturated rings. The molecule has 13 nitrogen and oxygen atoms in total. The van der Waals surface area contributed by atoms with Crippen LogP contribution in [0.3, 0.4) is 0 Å². The first kappa shape index (κ1) is 40.4. The molecule has 1 amide bonds. The number of nitrogens with zero attached hydrogens (tertiary/aromatic N) is 3. The summed E-state index contributed by atoms with van der Waals surface area (Å²) in [5.74, 6) is -4.72. The summed E-state index contributed by atoms with van der Waals surface area (Å²) in [5.41, 5.74) is -0.404. The van der Waals surface area contributed by atoms with Gasteiger partial charge in [0, 0.05) is 73.7 Å². The third-order valence-electron chi connectivity index (χ3n) is 11.8. The second-order valence-corrected chi connectivity index (χ2v) is 16.5.